The molecule has 1 unspecified atom stereocenters. The SMILES string of the molecule is C=C(Br)/C=C1/CC(C(=O)N2CCc3ccc(S(N)(=O)=O)cc32)CC1=C. The highest BCUT2D eigenvalue weighted by molar-refractivity contribution is 9.11. The molecule has 25 heavy (non-hydrogen) atoms. The predicted molar refractivity (Wildman–Crippen MR) is 102 cm³/mol. The summed E-state index contributed by atoms with van der Waals surface area (Å²) in [6.07, 6.45) is 3.82. The molecule has 1 amide bonds. The maximum absolute atomic E-state index is 13.0. The normalized spacial score (nSPS) is 21.7. The molecular formula is C18H19BrN2O3S. The van der Waals surface area contributed by atoms with Crippen LogP contribution in [-0.2, 0) is 21.2 Å². The average molecular weight is 423 g/mol. The molecule has 2 aliphatic rings. The largest absolute Gasteiger partial charge is 0.312 e. The topological polar surface area (TPSA) is 80.5 Å². The van der Waals surface area contributed by atoms with Gasteiger partial charge in [-0.1, -0.05) is 40.7 Å². The fraction of sp³-hybridized carbons (Fsp3) is 0.278. The summed E-state index contributed by atoms with van der Waals surface area (Å²) in [4.78, 5) is 14.7. The lowest BCUT2D eigenvalue weighted by atomic mass is 10.1. The van der Waals surface area contributed by atoms with E-state index in [4.69, 9.17) is 5.14 Å². The van der Waals surface area contributed by atoms with Crippen LogP contribution in [0.25, 0.3) is 0 Å². The lowest BCUT2D eigenvalue weighted by Crippen LogP contribution is -2.34. The number of halogens is 1. The van der Waals surface area contributed by atoms with E-state index < -0.39 is 10.0 Å². The number of hydrogen-bond donors (Lipinski definition) is 1. The van der Waals surface area contributed by atoms with Crippen LogP contribution in [0.5, 0.6) is 0 Å². The summed E-state index contributed by atoms with van der Waals surface area (Å²) in [6, 6.07) is 4.72. The summed E-state index contributed by atoms with van der Waals surface area (Å²) in [5, 5.41) is 5.21. The van der Waals surface area contributed by atoms with Gasteiger partial charge in [0, 0.05) is 22.6 Å². The van der Waals surface area contributed by atoms with Crippen LogP contribution in [-0.4, -0.2) is 20.9 Å². The van der Waals surface area contributed by atoms with Crippen LogP contribution >= 0.6 is 15.9 Å². The number of primary sulfonamides is 1. The van der Waals surface area contributed by atoms with E-state index in [1.807, 2.05) is 6.08 Å². The second-order valence-corrected chi connectivity index (χ2v) is 8.98. The minimum Gasteiger partial charge on any atom is -0.312 e. The molecule has 1 aromatic carbocycles. The Morgan fingerprint density at radius 1 is 1.36 bits per heavy atom. The van der Waals surface area contributed by atoms with Crippen molar-refractivity contribution in [2.45, 2.75) is 24.2 Å². The standard InChI is InChI=1S/C18H19BrN2O3S/c1-11-7-15(9-14(11)8-12(2)19)18(22)21-6-5-13-3-4-16(10-17(13)21)25(20,23)24/h3-4,8,10,15H,1-2,5-7,9H2,(H2,20,23,24)/b14-8-. The van der Waals surface area contributed by atoms with Gasteiger partial charge in [-0.3, -0.25) is 4.79 Å². The van der Waals surface area contributed by atoms with Gasteiger partial charge in [0.15, 0.2) is 0 Å². The average Bonchev–Trinajstić information content (AvgIpc) is 3.09. The smallest absolute Gasteiger partial charge is 0.238 e. The van der Waals surface area contributed by atoms with Gasteiger partial charge >= 0.3 is 0 Å². The number of nitrogens with zero attached hydrogens (tertiary/aromatic N) is 1. The Hall–Kier alpha value is -1.70. The van der Waals surface area contributed by atoms with Crippen LogP contribution in [0, 0.1) is 5.92 Å². The van der Waals surface area contributed by atoms with Crippen molar-refractivity contribution in [2.75, 3.05) is 11.4 Å². The summed E-state index contributed by atoms with van der Waals surface area (Å²) in [6.45, 7) is 8.39. The van der Waals surface area contributed by atoms with Crippen molar-refractivity contribution in [1.29, 1.82) is 0 Å². The highest BCUT2D eigenvalue weighted by Gasteiger charge is 2.35. The van der Waals surface area contributed by atoms with Crippen molar-refractivity contribution < 1.29 is 13.2 Å². The Bertz CT molecular complexity index is 918. The van der Waals surface area contributed by atoms with Gasteiger partial charge in [-0.25, -0.2) is 13.6 Å². The first-order chi connectivity index (χ1) is 11.7. The second-order valence-electron chi connectivity index (χ2n) is 6.40. The van der Waals surface area contributed by atoms with Crippen molar-refractivity contribution in [3.05, 3.63) is 58.6 Å². The van der Waals surface area contributed by atoms with Crippen LogP contribution in [0.4, 0.5) is 5.69 Å². The third kappa shape index (κ3) is 3.63. The van der Waals surface area contributed by atoms with Crippen molar-refractivity contribution in [3.63, 3.8) is 0 Å². The fourth-order valence-corrected chi connectivity index (χ4v) is 4.23. The summed E-state index contributed by atoms with van der Waals surface area (Å²) in [5.41, 5.74) is 3.57. The number of fused-ring (bicyclic) bond motifs is 1. The Morgan fingerprint density at radius 3 is 2.72 bits per heavy atom. The maximum Gasteiger partial charge on any atom is 0.238 e. The number of nitrogens with two attached hydrogens (primary N) is 1. The van der Waals surface area contributed by atoms with E-state index in [0.29, 0.717) is 31.5 Å². The van der Waals surface area contributed by atoms with Gasteiger partial charge in [0.1, 0.15) is 0 Å². The summed E-state index contributed by atoms with van der Waals surface area (Å²) in [7, 11) is -3.80. The number of rotatable bonds is 3. The molecular weight excluding hydrogens is 404 g/mol. The summed E-state index contributed by atoms with van der Waals surface area (Å²) in [5.74, 6) is -0.190. The van der Waals surface area contributed by atoms with Crippen molar-refractivity contribution in [2.24, 2.45) is 11.1 Å². The van der Waals surface area contributed by atoms with E-state index >= 15 is 0 Å². The molecule has 7 heteroatoms. The molecule has 0 bridgehead atoms. The number of carbonyl (C=O) groups excluding carboxylic acids is 1. The van der Waals surface area contributed by atoms with Crippen LogP contribution in [0.2, 0.25) is 0 Å². The van der Waals surface area contributed by atoms with E-state index in [0.717, 1.165) is 21.2 Å². The number of carbonyl (C=O) groups is 1. The molecule has 0 spiro atoms. The Kier molecular flexibility index (Phi) is 4.74. The van der Waals surface area contributed by atoms with Gasteiger partial charge < -0.3 is 4.90 Å². The quantitative estimate of drug-likeness (QED) is 0.812. The molecule has 1 heterocycles. The number of benzene rings is 1. The fourth-order valence-electron chi connectivity index (χ4n) is 3.42. The number of hydrogen-bond acceptors (Lipinski definition) is 3. The molecule has 3 rings (SSSR count). The molecule has 0 saturated heterocycles. The molecule has 1 aromatic rings. The maximum atomic E-state index is 13.0. The number of anilines is 1. The first-order valence-corrected chi connectivity index (χ1v) is 10.2. The van der Waals surface area contributed by atoms with Gasteiger partial charge in [0.25, 0.3) is 0 Å². The molecule has 0 aromatic heterocycles. The Labute approximate surface area is 156 Å². The third-order valence-corrected chi connectivity index (χ3v) is 5.78. The van der Waals surface area contributed by atoms with Crippen LogP contribution < -0.4 is 10.0 Å². The third-order valence-electron chi connectivity index (χ3n) is 4.64. The van der Waals surface area contributed by atoms with Gasteiger partial charge in [-0.15, -0.1) is 0 Å². The number of amides is 1. The second kappa shape index (κ2) is 6.55. The van der Waals surface area contributed by atoms with Crippen LogP contribution in [0.15, 0.2) is 58.0 Å². The van der Waals surface area contributed by atoms with Crippen molar-refractivity contribution >= 4 is 37.5 Å². The zero-order valence-corrected chi connectivity index (χ0v) is 16.1. The monoisotopic (exact) mass is 422 g/mol. The van der Waals surface area contributed by atoms with Gasteiger partial charge in [0.2, 0.25) is 15.9 Å². The zero-order chi connectivity index (χ0) is 18.4. The van der Waals surface area contributed by atoms with E-state index in [1.165, 1.54) is 12.1 Å². The molecule has 5 nitrogen and oxygen atoms in total. The minimum absolute atomic E-state index is 0.00458. The van der Waals surface area contributed by atoms with Gasteiger partial charge in [0.05, 0.1) is 4.90 Å². The highest BCUT2D eigenvalue weighted by Crippen LogP contribution is 2.39. The minimum atomic E-state index is -3.80. The Morgan fingerprint density at radius 2 is 2.08 bits per heavy atom. The molecule has 1 aliphatic carbocycles. The predicted octanol–water partition coefficient (Wildman–Crippen LogP) is 3.02. The Balaban J connectivity index is 1.87. The molecule has 132 valence electrons. The lowest BCUT2D eigenvalue weighted by Gasteiger charge is -2.21. The zero-order valence-electron chi connectivity index (χ0n) is 13.7. The molecule has 1 atom stereocenters. The van der Waals surface area contributed by atoms with E-state index in [9.17, 15) is 13.2 Å². The van der Waals surface area contributed by atoms with Gasteiger partial charge in [-0.05, 0) is 48.6 Å². The van der Waals surface area contributed by atoms with E-state index in [2.05, 4.69) is 29.1 Å². The summed E-state index contributed by atoms with van der Waals surface area (Å²) >= 11 is 3.31. The lowest BCUT2D eigenvalue weighted by molar-refractivity contribution is -0.121. The first-order valence-electron chi connectivity index (χ1n) is 7.87. The van der Waals surface area contributed by atoms with Crippen molar-refractivity contribution in [1.82, 2.24) is 0 Å². The summed E-state index contributed by atoms with van der Waals surface area (Å²) < 4.78 is 23.9. The van der Waals surface area contributed by atoms with E-state index in [1.54, 1.807) is 11.0 Å². The molecule has 1 fully saturated rings. The highest BCUT2D eigenvalue weighted by atomic mass is 79.9. The van der Waals surface area contributed by atoms with Crippen molar-refractivity contribution in [3.8, 4) is 0 Å². The van der Waals surface area contributed by atoms with Crippen LogP contribution in [0.3, 0.4) is 0 Å². The van der Waals surface area contributed by atoms with E-state index in [-0.39, 0.29) is 16.7 Å². The van der Waals surface area contributed by atoms with Crippen LogP contribution in [0.1, 0.15) is 18.4 Å². The first kappa shape index (κ1) is 18.1. The molecule has 2 N–H and O–H groups in total. The molecule has 0 radical (unpaired) electrons. The van der Waals surface area contributed by atoms with Gasteiger partial charge in [-0.2, -0.15) is 0 Å². The molecule has 1 saturated carbocycles. The number of allylic oxidation sites excluding steroid dienone is 4. The number of sulfonamides is 1. The molecule has 1 aliphatic heterocycles.